The predicted octanol–water partition coefficient (Wildman–Crippen LogP) is 3.70. The SMILES string of the molecule is CCCCCC(=O)Nc1cccc2c1CC[CH]2. The summed E-state index contributed by atoms with van der Waals surface area (Å²) in [6, 6.07) is 6.15. The third-order valence-electron chi connectivity index (χ3n) is 3.25. The number of hydrogen-bond donors (Lipinski definition) is 1. The van der Waals surface area contributed by atoms with Crippen molar-refractivity contribution in [2.45, 2.75) is 45.4 Å². The van der Waals surface area contributed by atoms with Crippen molar-refractivity contribution in [2.75, 3.05) is 5.32 Å². The second-order valence-corrected chi connectivity index (χ2v) is 4.62. The van der Waals surface area contributed by atoms with Gasteiger partial charge in [-0.15, -0.1) is 0 Å². The highest BCUT2D eigenvalue weighted by Gasteiger charge is 2.15. The summed E-state index contributed by atoms with van der Waals surface area (Å²) >= 11 is 0. The van der Waals surface area contributed by atoms with Gasteiger partial charge in [-0.05, 0) is 42.9 Å². The maximum atomic E-state index is 11.8. The van der Waals surface area contributed by atoms with E-state index in [0.29, 0.717) is 6.42 Å². The third-order valence-corrected chi connectivity index (χ3v) is 3.25. The van der Waals surface area contributed by atoms with E-state index in [-0.39, 0.29) is 5.91 Å². The molecule has 0 atom stereocenters. The fourth-order valence-corrected chi connectivity index (χ4v) is 2.31. The Hall–Kier alpha value is -1.31. The molecule has 1 radical (unpaired) electrons. The van der Waals surface area contributed by atoms with Crippen LogP contribution in [-0.2, 0) is 11.2 Å². The lowest BCUT2D eigenvalue weighted by atomic mass is 10.1. The van der Waals surface area contributed by atoms with E-state index in [0.717, 1.165) is 37.8 Å². The van der Waals surface area contributed by atoms with Gasteiger partial charge in [-0.25, -0.2) is 0 Å². The maximum absolute atomic E-state index is 11.8. The molecule has 1 amide bonds. The summed E-state index contributed by atoms with van der Waals surface area (Å²) in [6.45, 7) is 2.15. The minimum absolute atomic E-state index is 0.152. The molecule has 1 aromatic carbocycles. The molecule has 1 aliphatic carbocycles. The average molecular weight is 230 g/mol. The predicted molar refractivity (Wildman–Crippen MR) is 70.9 cm³/mol. The Bertz CT molecular complexity index is 398. The van der Waals surface area contributed by atoms with Crippen LogP contribution in [0.5, 0.6) is 0 Å². The van der Waals surface area contributed by atoms with Gasteiger partial charge in [0.2, 0.25) is 5.91 Å². The zero-order chi connectivity index (χ0) is 12.1. The smallest absolute Gasteiger partial charge is 0.224 e. The Kier molecular flexibility index (Phi) is 4.18. The molecule has 0 bridgehead atoms. The summed E-state index contributed by atoms with van der Waals surface area (Å²) < 4.78 is 0. The molecule has 2 rings (SSSR count). The van der Waals surface area contributed by atoms with E-state index in [2.05, 4.69) is 24.7 Å². The lowest BCUT2D eigenvalue weighted by Crippen LogP contribution is -2.12. The van der Waals surface area contributed by atoms with Crippen LogP contribution < -0.4 is 5.32 Å². The summed E-state index contributed by atoms with van der Waals surface area (Å²) in [5.41, 5.74) is 3.60. The van der Waals surface area contributed by atoms with Gasteiger partial charge < -0.3 is 5.32 Å². The number of hydrogen-bond acceptors (Lipinski definition) is 1. The first kappa shape index (κ1) is 12.2. The molecule has 0 aliphatic heterocycles. The molecule has 0 saturated carbocycles. The summed E-state index contributed by atoms with van der Waals surface area (Å²) in [5.74, 6) is 0.152. The van der Waals surface area contributed by atoms with E-state index in [1.54, 1.807) is 0 Å². The number of benzene rings is 1. The molecular formula is C15H20NO. The Morgan fingerprint density at radius 2 is 2.24 bits per heavy atom. The van der Waals surface area contributed by atoms with Crippen LogP contribution in [0.2, 0.25) is 0 Å². The van der Waals surface area contributed by atoms with Gasteiger partial charge in [0.1, 0.15) is 0 Å². The zero-order valence-corrected chi connectivity index (χ0v) is 10.5. The van der Waals surface area contributed by atoms with Crippen LogP contribution in [-0.4, -0.2) is 5.91 Å². The van der Waals surface area contributed by atoms with Crippen LogP contribution in [0.1, 0.15) is 50.2 Å². The highest BCUT2D eigenvalue weighted by molar-refractivity contribution is 5.91. The molecular weight excluding hydrogens is 210 g/mol. The van der Waals surface area contributed by atoms with E-state index in [1.165, 1.54) is 11.1 Å². The monoisotopic (exact) mass is 230 g/mol. The molecule has 0 spiro atoms. The second kappa shape index (κ2) is 5.85. The minimum atomic E-state index is 0.152. The Balaban J connectivity index is 1.95. The molecule has 0 aromatic heterocycles. The third kappa shape index (κ3) is 3.09. The number of unbranched alkanes of at least 4 members (excludes halogenated alkanes) is 2. The second-order valence-electron chi connectivity index (χ2n) is 4.62. The van der Waals surface area contributed by atoms with Gasteiger partial charge in [-0.2, -0.15) is 0 Å². The van der Waals surface area contributed by atoms with Crippen LogP contribution in [0.4, 0.5) is 5.69 Å². The number of rotatable bonds is 5. The molecule has 17 heavy (non-hydrogen) atoms. The van der Waals surface area contributed by atoms with Gasteiger partial charge in [0.15, 0.2) is 0 Å². The van der Waals surface area contributed by atoms with Crippen LogP contribution in [0, 0.1) is 6.42 Å². The first-order valence-electron chi connectivity index (χ1n) is 6.56. The number of fused-ring (bicyclic) bond motifs is 1. The maximum Gasteiger partial charge on any atom is 0.224 e. The standard InChI is InChI=1S/C15H20NO/c1-2-3-4-11-15(17)16-14-10-6-8-12-7-5-9-13(12)14/h6-8,10H,2-5,9,11H2,1H3,(H,16,17). The van der Waals surface area contributed by atoms with Crippen molar-refractivity contribution in [1.29, 1.82) is 0 Å². The Morgan fingerprint density at radius 3 is 3.06 bits per heavy atom. The molecule has 91 valence electrons. The van der Waals surface area contributed by atoms with Crippen molar-refractivity contribution in [1.82, 2.24) is 0 Å². The lowest BCUT2D eigenvalue weighted by Gasteiger charge is -2.10. The van der Waals surface area contributed by atoms with E-state index in [9.17, 15) is 4.79 Å². The number of nitrogens with one attached hydrogen (secondary N) is 1. The number of carbonyl (C=O) groups excluding carboxylic acids is 1. The van der Waals surface area contributed by atoms with Crippen molar-refractivity contribution < 1.29 is 4.79 Å². The first-order valence-corrected chi connectivity index (χ1v) is 6.56. The molecule has 0 fully saturated rings. The van der Waals surface area contributed by atoms with Crippen molar-refractivity contribution in [3.8, 4) is 0 Å². The molecule has 0 heterocycles. The quantitative estimate of drug-likeness (QED) is 0.768. The number of anilines is 1. The van der Waals surface area contributed by atoms with E-state index in [4.69, 9.17) is 0 Å². The summed E-state index contributed by atoms with van der Waals surface area (Å²) in [4.78, 5) is 11.8. The molecule has 1 aliphatic rings. The van der Waals surface area contributed by atoms with Crippen LogP contribution in [0.25, 0.3) is 0 Å². The fraction of sp³-hybridized carbons (Fsp3) is 0.467. The first-order chi connectivity index (χ1) is 8.31. The van der Waals surface area contributed by atoms with Crippen molar-refractivity contribution >= 4 is 11.6 Å². The van der Waals surface area contributed by atoms with Crippen molar-refractivity contribution in [3.63, 3.8) is 0 Å². The molecule has 0 unspecified atom stereocenters. The Labute approximate surface area is 103 Å². The van der Waals surface area contributed by atoms with E-state index >= 15 is 0 Å². The highest BCUT2D eigenvalue weighted by Crippen LogP contribution is 2.29. The van der Waals surface area contributed by atoms with Crippen molar-refractivity contribution in [2.24, 2.45) is 0 Å². The van der Waals surface area contributed by atoms with Crippen LogP contribution in [0.15, 0.2) is 18.2 Å². The molecule has 2 nitrogen and oxygen atoms in total. The summed E-state index contributed by atoms with van der Waals surface area (Å²) in [5, 5.41) is 3.04. The molecule has 2 heteroatoms. The van der Waals surface area contributed by atoms with Crippen LogP contribution >= 0.6 is 0 Å². The number of carbonyl (C=O) groups is 1. The molecule has 1 aromatic rings. The van der Waals surface area contributed by atoms with Gasteiger partial charge in [-0.3, -0.25) is 4.79 Å². The number of amides is 1. The largest absolute Gasteiger partial charge is 0.326 e. The topological polar surface area (TPSA) is 29.1 Å². The van der Waals surface area contributed by atoms with Crippen LogP contribution in [0.3, 0.4) is 0 Å². The zero-order valence-electron chi connectivity index (χ0n) is 10.5. The highest BCUT2D eigenvalue weighted by atomic mass is 16.1. The van der Waals surface area contributed by atoms with E-state index < -0.39 is 0 Å². The van der Waals surface area contributed by atoms with Gasteiger partial charge in [0.25, 0.3) is 0 Å². The van der Waals surface area contributed by atoms with Crippen molar-refractivity contribution in [3.05, 3.63) is 35.7 Å². The van der Waals surface area contributed by atoms with E-state index in [1.807, 2.05) is 12.1 Å². The molecule has 0 saturated heterocycles. The van der Waals surface area contributed by atoms with Gasteiger partial charge in [0.05, 0.1) is 0 Å². The van der Waals surface area contributed by atoms with Gasteiger partial charge >= 0.3 is 0 Å². The summed E-state index contributed by atoms with van der Waals surface area (Å²) in [7, 11) is 0. The average Bonchev–Trinajstić information content (AvgIpc) is 2.78. The lowest BCUT2D eigenvalue weighted by molar-refractivity contribution is -0.116. The fourth-order valence-electron chi connectivity index (χ4n) is 2.31. The minimum Gasteiger partial charge on any atom is -0.326 e. The molecule has 1 N–H and O–H groups in total. The summed E-state index contributed by atoms with van der Waals surface area (Å²) in [6.07, 6.45) is 8.31. The normalized spacial score (nSPS) is 13.5. The van der Waals surface area contributed by atoms with Gasteiger partial charge in [-0.1, -0.05) is 31.9 Å². The van der Waals surface area contributed by atoms with Gasteiger partial charge in [0, 0.05) is 12.1 Å². The Morgan fingerprint density at radius 1 is 1.35 bits per heavy atom.